The SMILES string of the molecule is CC[n+]1ccc(/C=C\c2ccc(Cl)cc2)cc1. The van der Waals surface area contributed by atoms with Gasteiger partial charge in [-0.25, -0.2) is 4.57 Å². The molecule has 0 spiro atoms. The highest BCUT2D eigenvalue weighted by atomic mass is 35.5. The quantitative estimate of drug-likeness (QED) is 0.723. The summed E-state index contributed by atoms with van der Waals surface area (Å²) in [6.45, 7) is 3.13. The molecule has 0 unspecified atom stereocenters. The molecule has 1 aromatic heterocycles. The number of nitrogens with zero attached hydrogens (tertiary/aromatic N) is 1. The van der Waals surface area contributed by atoms with Crippen LogP contribution in [0.2, 0.25) is 5.02 Å². The van der Waals surface area contributed by atoms with Gasteiger partial charge in [0.1, 0.15) is 6.54 Å². The molecular weight excluding hydrogens is 230 g/mol. The van der Waals surface area contributed by atoms with Crippen molar-refractivity contribution in [2.24, 2.45) is 0 Å². The van der Waals surface area contributed by atoms with Gasteiger partial charge in [-0.05, 0) is 30.2 Å². The van der Waals surface area contributed by atoms with Crippen LogP contribution in [0.15, 0.2) is 48.8 Å². The van der Waals surface area contributed by atoms with E-state index in [4.69, 9.17) is 11.6 Å². The number of halogens is 1. The fourth-order valence-electron chi connectivity index (χ4n) is 1.56. The summed E-state index contributed by atoms with van der Waals surface area (Å²) < 4.78 is 2.14. The minimum atomic E-state index is 0.769. The fraction of sp³-hybridized carbons (Fsp3) is 0.133. The average molecular weight is 245 g/mol. The maximum Gasteiger partial charge on any atom is 0.169 e. The van der Waals surface area contributed by atoms with E-state index in [1.807, 2.05) is 24.3 Å². The standard InChI is InChI=1S/C15H15ClN/c1-2-17-11-9-14(10-12-17)4-3-13-5-7-15(16)8-6-13/h3-12H,2H2,1H3/q+1/b4-3-. The lowest BCUT2D eigenvalue weighted by molar-refractivity contribution is -0.693. The van der Waals surface area contributed by atoms with Gasteiger partial charge < -0.3 is 0 Å². The van der Waals surface area contributed by atoms with Crippen molar-refractivity contribution in [3.05, 3.63) is 64.9 Å². The molecule has 1 aromatic carbocycles. The van der Waals surface area contributed by atoms with E-state index in [1.165, 1.54) is 5.56 Å². The third-order valence-electron chi connectivity index (χ3n) is 2.62. The van der Waals surface area contributed by atoms with Gasteiger partial charge in [-0.3, -0.25) is 0 Å². The monoisotopic (exact) mass is 244 g/mol. The Hall–Kier alpha value is -1.60. The van der Waals surface area contributed by atoms with Crippen molar-refractivity contribution < 1.29 is 4.57 Å². The lowest BCUT2D eigenvalue weighted by atomic mass is 10.1. The molecule has 0 saturated heterocycles. The van der Waals surface area contributed by atoms with Crippen molar-refractivity contribution in [1.82, 2.24) is 0 Å². The summed E-state index contributed by atoms with van der Waals surface area (Å²) in [5.74, 6) is 0. The smallest absolute Gasteiger partial charge is 0.169 e. The zero-order valence-corrected chi connectivity index (χ0v) is 10.6. The van der Waals surface area contributed by atoms with Gasteiger partial charge >= 0.3 is 0 Å². The molecule has 0 N–H and O–H groups in total. The van der Waals surface area contributed by atoms with Crippen LogP contribution in [0.3, 0.4) is 0 Å². The third kappa shape index (κ3) is 3.43. The second-order valence-corrected chi connectivity index (χ2v) is 4.28. The van der Waals surface area contributed by atoms with Crippen LogP contribution in [0.25, 0.3) is 12.2 Å². The van der Waals surface area contributed by atoms with Gasteiger partial charge in [-0.2, -0.15) is 0 Å². The third-order valence-corrected chi connectivity index (χ3v) is 2.87. The summed E-state index contributed by atoms with van der Waals surface area (Å²) in [7, 11) is 0. The van der Waals surface area contributed by atoms with E-state index in [-0.39, 0.29) is 0 Å². The molecule has 17 heavy (non-hydrogen) atoms. The number of hydrogen-bond donors (Lipinski definition) is 0. The summed E-state index contributed by atoms with van der Waals surface area (Å²) in [6.07, 6.45) is 8.36. The number of aryl methyl sites for hydroxylation is 1. The van der Waals surface area contributed by atoms with Crippen LogP contribution in [0.1, 0.15) is 18.1 Å². The molecule has 0 aliphatic carbocycles. The number of aromatic nitrogens is 1. The van der Waals surface area contributed by atoms with E-state index < -0.39 is 0 Å². The zero-order chi connectivity index (χ0) is 12.1. The molecule has 0 bridgehead atoms. The topological polar surface area (TPSA) is 3.88 Å². The first-order chi connectivity index (χ1) is 8.28. The van der Waals surface area contributed by atoms with E-state index in [0.29, 0.717) is 0 Å². The maximum atomic E-state index is 5.84. The van der Waals surface area contributed by atoms with Crippen LogP contribution < -0.4 is 4.57 Å². The molecule has 0 aliphatic heterocycles. The first-order valence-corrected chi connectivity index (χ1v) is 6.08. The second kappa shape index (κ2) is 5.65. The van der Waals surface area contributed by atoms with Gasteiger partial charge in [0, 0.05) is 17.2 Å². The van der Waals surface area contributed by atoms with Crippen LogP contribution in [-0.2, 0) is 6.54 Å². The highest BCUT2D eigenvalue weighted by Gasteiger charge is 1.94. The van der Waals surface area contributed by atoms with Crippen LogP contribution in [0, 0.1) is 0 Å². The Bertz CT molecular complexity index is 497. The van der Waals surface area contributed by atoms with E-state index >= 15 is 0 Å². The summed E-state index contributed by atoms with van der Waals surface area (Å²) >= 11 is 5.84. The van der Waals surface area contributed by atoms with Crippen molar-refractivity contribution in [2.75, 3.05) is 0 Å². The predicted molar refractivity (Wildman–Crippen MR) is 72.7 cm³/mol. The Morgan fingerprint density at radius 3 is 2.00 bits per heavy atom. The number of pyridine rings is 1. The fourth-order valence-corrected chi connectivity index (χ4v) is 1.68. The molecule has 2 aromatic rings. The normalized spacial score (nSPS) is 10.9. The van der Waals surface area contributed by atoms with Gasteiger partial charge in [0.2, 0.25) is 0 Å². The maximum absolute atomic E-state index is 5.84. The molecule has 0 saturated carbocycles. The molecule has 86 valence electrons. The molecule has 0 radical (unpaired) electrons. The lowest BCUT2D eigenvalue weighted by Crippen LogP contribution is -2.30. The summed E-state index contributed by atoms with van der Waals surface area (Å²) in [6, 6.07) is 12.0. The summed E-state index contributed by atoms with van der Waals surface area (Å²) in [5.41, 5.74) is 2.35. The first kappa shape index (κ1) is 11.9. The van der Waals surface area contributed by atoms with Crippen LogP contribution in [-0.4, -0.2) is 0 Å². The van der Waals surface area contributed by atoms with Crippen molar-refractivity contribution in [3.8, 4) is 0 Å². The van der Waals surface area contributed by atoms with Crippen molar-refractivity contribution >= 4 is 23.8 Å². The number of hydrogen-bond acceptors (Lipinski definition) is 0. The molecule has 1 heterocycles. The molecule has 2 rings (SSSR count). The van der Waals surface area contributed by atoms with Crippen molar-refractivity contribution in [3.63, 3.8) is 0 Å². The molecule has 0 fully saturated rings. The van der Waals surface area contributed by atoms with E-state index in [1.54, 1.807) is 0 Å². The largest absolute Gasteiger partial charge is 0.205 e. The highest BCUT2D eigenvalue weighted by Crippen LogP contribution is 2.12. The average Bonchev–Trinajstić information content (AvgIpc) is 2.39. The molecule has 1 nitrogen and oxygen atoms in total. The Kier molecular flexibility index (Phi) is 3.94. The Morgan fingerprint density at radius 1 is 0.941 bits per heavy atom. The van der Waals surface area contributed by atoms with Crippen LogP contribution in [0.5, 0.6) is 0 Å². The summed E-state index contributed by atoms with van der Waals surface area (Å²) in [4.78, 5) is 0. The van der Waals surface area contributed by atoms with E-state index in [0.717, 1.165) is 17.1 Å². The van der Waals surface area contributed by atoms with Crippen molar-refractivity contribution in [2.45, 2.75) is 13.5 Å². The Morgan fingerprint density at radius 2 is 1.47 bits per heavy atom. The van der Waals surface area contributed by atoms with Crippen LogP contribution >= 0.6 is 11.6 Å². The molecule has 0 atom stereocenters. The lowest BCUT2D eigenvalue weighted by Gasteiger charge is -1.95. The number of rotatable bonds is 3. The van der Waals surface area contributed by atoms with Crippen molar-refractivity contribution in [1.29, 1.82) is 0 Å². The van der Waals surface area contributed by atoms with Gasteiger partial charge in [0.05, 0.1) is 0 Å². The molecular formula is C15H15ClN+. The Labute approximate surface area is 107 Å². The minimum absolute atomic E-state index is 0.769. The first-order valence-electron chi connectivity index (χ1n) is 5.70. The van der Waals surface area contributed by atoms with E-state index in [9.17, 15) is 0 Å². The van der Waals surface area contributed by atoms with Gasteiger partial charge in [-0.15, -0.1) is 0 Å². The molecule has 0 aliphatic rings. The molecule has 2 heteroatoms. The number of benzene rings is 1. The van der Waals surface area contributed by atoms with Crippen LogP contribution in [0.4, 0.5) is 0 Å². The second-order valence-electron chi connectivity index (χ2n) is 3.85. The van der Waals surface area contributed by atoms with Gasteiger partial charge in [0.15, 0.2) is 12.4 Å². The van der Waals surface area contributed by atoms with E-state index in [2.05, 4.69) is 48.2 Å². The van der Waals surface area contributed by atoms with Gasteiger partial charge in [0.25, 0.3) is 0 Å². The Balaban J connectivity index is 2.11. The zero-order valence-electron chi connectivity index (χ0n) is 9.81. The highest BCUT2D eigenvalue weighted by molar-refractivity contribution is 6.30. The summed E-state index contributed by atoms with van der Waals surface area (Å²) in [5, 5.41) is 0.769. The minimum Gasteiger partial charge on any atom is -0.205 e. The molecule has 0 amide bonds. The van der Waals surface area contributed by atoms with Gasteiger partial charge in [-0.1, -0.05) is 35.9 Å². The predicted octanol–water partition coefficient (Wildman–Crippen LogP) is 3.82.